The molecule has 7 heteroatoms. The van der Waals surface area contributed by atoms with E-state index < -0.39 is 0 Å². The number of amides is 1. The van der Waals surface area contributed by atoms with Gasteiger partial charge in [-0.1, -0.05) is 0 Å². The van der Waals surface area contributed by atoms with Gasteiger partial charge in [-0.25, -0.2) is 4.98 Å². The number of rotatable bonds is 3. The average molecular weight is 247 g/mol. The first-order chi connectivity index (χ1) is 8.58. The minimum Gasteiger partial charge on any atom is -0.334 e. The van der Waals surface area contributed by atoms with Crippen molar-refractivity contribution in [2.75, 3.05) is 7.05 Å². The van der Waals surface area contributed by atoms with Crippen molar-refractivity contribution in [1.29, 1.82) is 0 Å². The number of pyridine rings is 1. The van der Waals surface area contributed by atoms with Gasteiger partial charge in [0.2, 0.25) is 0 Å². The van der Waals surface area contributed by atoms with Crippen LogP contribution in [0.1, 0.15) is 21.9 Å². The predicted molar refractivity (Wildman–Crippen MR) is 64.0 cm³/mol. The highest BCUT2D eigenvalue weighted by atomic mass is 16.2. The van der Waals surface area contributed by atoms with Gasteiger partial charge >= 0.3 is 0 Å². The lowest BCUT2D eigenvalue weighted by Gasteiger charge is -2.14. The van der Waals surface area contributed by atoms with Gasteiger partial charge in [0.15, 0.2) is 0 Å². The maximum atomic E-state index is 12.0. The fourth-order valence-corrected chi connectivity index (χ4v) is 1.55. The molecule has 18 heavy (non-hydrogen) atoms. The molecule has 0 aliphatic carbocycles. The fraction of sp³-hybridized carbons (Fsp3) is 0.273. The monoisotopic (exact) mass is 247 g/mol. The number of carbonyl (C=O) groups excluding carboxylic acids is 1. The molecule has 94 valence electrons. The second-order valence-corrected chi connectivity index (χ2v) is 3.98. The number of aryl methyl sites for hydroxylation is 1. The Morgan fingerprint density at radius 2 is 2.22 bits per heavy atom. The van der Waals surface area contributed by atoms with Gasteiger partial charge in [-0.05, 0) is 19.1 Å². The first-order valence-corrected chi connectivity index (χ1v) is 5.37. The van der Waals surface area contributed by atoms with Crippen molar-refractivity contribution in [3.63, 3.8) is 0 Å². The highest BCUT2D eigenvalue weighted by molar-refractivity contribution is 5.93. The lowest BCUT2D eigenvalue weighted by atomic mass is 10.2. The summed E-state index contributed by atoms with van der Waals surface area (Å²) in [6.45, 7) is 2.03. The summed E-state index contributed by atoms with van der Waals surface area (Å²) in [6, 6.07) is 3.21. The molecular formula is C11H13N5O2. The number of aromatic amines is 2. The molecule has 0 saturated heterocycles. The van der Waals surface area contributed by atoms with Gasteiger partial charge in [-0.2, -0.15) is 5.10 Å². The van der Waals surface area contributed by atoms with E-state index in [1.165, 1.54) is 17.3 Å². The lowest BCUT2D eigenvalue weighted by molar-refractivity contribution is 0.0780. The number of hydrogen-bond donors (Lipinski definition) is 2. The van der Waals surface area contributed by atoms with E-state index in [4.69, 9.17) is 0 Å². The van der Waals surface area contributed by atoms with E-state index in [1.54, 1.807) is 20.0 Å². The molecule has 0 fully saturated rings. The molecule has 0 radical (unpaired) electrons. The van der Waals surface area contributed by atoms with Crippen molar-refractivity contribution < 1.29 is 4.79 Å². The second kappa shape index (κ2) is 4.82. The zero-order valence-electron chi connectivity index (χ0n) is 10.1. The summed E-state index contributed by atoms with van der Waals surface area (Å²) in [5.74, 6) is 0.210. The molecule has 0 unspecified atom stereocenters. The molecule has 0 aliphatic heterocycles. The van der Waals surface area contributed by atoms with Crippen molar-refractivity contribution in [3.05, 3.63) is 45.9 Å². The topological polar surface area (TPSA) is 94.7 Å². The van der Waals surface area contributed by atoms with Crippen LogP contribution in [0.2, 0.25) is 0 Å². The van der Waals surface area contributed by atoms with Crippen molar-refractivity contribution in [3.8, 4) is 0 Å². The Bertz CT molecular complexity index is 602. The summed E-state index contributed by atoms with van der Waals surface area (Å²) in [6.07, 6.45) is 1.37. The predicted octanol–water partition coefficient (Wildman–Crippen LogP) is 0.0736. The number of H-pyrrole nitrogens is 2. The molecule has 0 saturated carbocycles. The molecule has 0 bridgehead atoms. The minimum absolute atomic E-state index is 0.114. The van der Waals surface area contributed by atoms with Crippen LogP contribution in [0.25, 0.3) is 0 Å². The summed E-state index contributed by atoms with van der Waals surface area (Å²) in [5.41, 5.74) is 0.446. The Morgan fingerprint density at radius 3 is 2.83 bits per heavy atom. The zero-order chi connectivity index (χ0) is 13.1. The van der Waals surface area contributed by atoms with Crippen molar-refractivity contribution in [2.24, 2.45) is 0 Å². The first kappa shape index (κ1) is 12.0. The number of aromatic nitrogens is 4. The van der Waals surface area contributed by atoms with Crippen LogP contribution in [-0.4, -0.2) is 38.0 Å². The number of hydrogen-bond acceptors (Lipinski definition) is 4. The van der Waals surface area contributed by atoms with Crippen LogP contribution in [0.4, 0.5) is 0 Å². The largest absolute Gasteiger partial charge is 0.334 e. The summed E-state index contributed by atoms with van der Waals surface area (Å²) >= 11 is 0. The number of carbonyl (C=O) groups is 1. The smallest absolute Gasteiger partial charge is 0.260 e. The summed E-state index contributed by atoms with van der Waals surface area (Å²) < 4.78 is 0. The molecule has 1 amide bonds. The average Bonchev–Trinajstić information content (AvgIpc) is 2.81. The standard InChI is InChI=1S/C11H13N5O2/c1-7-3-4-8(10(17)14-7)11(18)16(2)5-9-12-6-13-15-9/h3-4,6H,5H2,1-2H3,(H,14,17)(H,12,13,15). The Labute approximate surface area is 103 Å². The van der Waals surface area contributed by atoms with Crippen LogP contribution >= 0.6 is 0 Å². The Hall–Kier alpha value is -2.44. The minimum atomic E-state index is -0.385. The molecule has 2 aromatic heterocycles. The molecule has 0 aromatic carbocycles. The summed E-state index contributed by atoms with van der Waals surface area (Å²) in [7, 11) is 1.60. The van der Waals surface area contributed by atoms with E-state index in [0.29, 0.717) is 5.82 Å². The van der Waals surface area contributed by atoms with Gasteiger partial charge in [-0.15, -0.1) is 0 Å². The number of nitrogens with one attached hydrogen (secondary N) is 2. The van der Waals surface area contributed by atoms with Crippen LogP contribution in [0, 0.1) is 6.92 Å². The van der Waals surface area contributed by atoms with Crippen LogP contribution in [0.5, 0.6) is 0 Å². The van der Waals surface area contributed by atoms with Crippen LogP contribution in [0.15, 0.2) is 23.3 Å². The van der Waals surface area contributed by atoms with Gasteiger partial charge in [0, 0.05) is 12.7 Å². The van der Waals surface area contributed by atoms with E-state index in [1.807, 2.05) is 0 Å². The Morgan fingerprint density at radius 1 is 1.44 bits per heavy atom. The SMILES string of the molecule is Cc1ccc(C(=O)N(C)Cc2ncn[nH]2)c(=O)[nH]1. The van der Waals surface area contributed by atoms with E-state index in [0.717, 1.165) is 5.69 Å². The van der Waals surface area contributed by atoms with Crippen LogP contribution < -0.4 is 5.56 Å². The molecular weight excluding hydrogens is 234 g/mol. The van der Waals surface area contributed by atoms with E-state index in [9.17, 15) is 9.59 Å². The molecule has 2 rings (SSSR count). The summed E-state index contributed by atoms with van der Waals surface area (Å²) in [5, 5.41) is 6.35. The van der Waals surface area contributed by atoms with Crippen molar-refractivity contribution >= 4 is 5.91 Å². The quantitative estimate of drug-likeness (QED) is 0.802. The van der Waals surface area contributed by atoms with E-state index in [-0.39, 0.29) is 23.6 Å². The van der Waals surface area contributed by atoms with Crippen molar-refractivity contribution in [2.45, 2.75) is 13.5 Å². The molecule has 2 N–H and O–H groups in total. The first-order valence-electron chi connectivity index (χ1n) is 5.37. The third-order valence-corrected chi connectivity index (χ3v) is 2.48. The maximum absolute atomic E-state index is 12.0. The molecule has 0 aliphatic rings. The molecule has 2 aromatic rings. The highest BCUT2D eigenvalue weighted by Gasteiger charge is 2.16. The summed E-state index contributed by atoms with van der Waals surface area (Å²) in [4.78, 5) is 31.6. The Balaban J connectivity index is 2.18. The van der Waals surface area contributed by atoms with Crippen LogP contribution in [0.3, 0.4) is 0 Å². The molecule has 2 heterocycles. The van der Waals surface area contributed by atoms with Gasteiger partial charge in [-0.3, -0.25) is 14.7 Å². The van der Waals surface area contributed by atoms with Gasteiger partial charge in [0.05, 0.1) is 6.54 Å². The van der Waals surface area contributed by atoms with Crippen molar-refractivity contribution in [1.82, 2.24) is 25.1 Å². The highest BCUT2D eigenvalue weighted by Crippen LogP contribution is 2.02. The van der Waals surface area contributed by atoms with E-state index in [2.05, 4.69) is 20.2 Å². The van der Waals surface area contributed by atoms with Gasteiger partial charge in [0.25, 0.3) is 11.5 Å². The normalized spacial score (nSPS) is 10.3. The lowest BCUT2D eigenvalue weighted by Crippen LogP contribution is -2.31. The van der Waals surface area contributed by atoms with Gasteiger partial charge in [0.1, 0.15) is 17.7 Å². The van der Waals surface area contributed by atoms with Gasteiger partial charge < -0.3 is 9.88 Å². The second-order valence-electron chi connectivity index (χ2n) is 3.98. The zero-order valence-corrected chi connectivity index (χ0v) is 10.1. The fourth-order valence-electron chi connectivity index (χ4n) is 1.55. The molecule has 7 nitrogen and oxygen atoms in total. The third kappa shape index (κ3) is 2.45. The molecule has 0 spiro atoms. The maximum Gasteiger partial charge on any atom is 0.260 e. The van der Waals surface area contributed by atoms with E-state index >= 15 is 0 Å². The number of nitrogens with zero attached hydrogens (tertiary/aromatic N) is 3. The van der Waals surface area contributed by atoms with Crippen LogP contribution in [-0.2, 0) is 6.54 Å². The molecule has 0 atom stereocenters. The Kier molecular flexibility index (Phi) is 3.22. The third-order valence-electron chi connectivity index (χ3n) is 2.48.